The molecular weight excluding hydrogens is 420 g/mol. The summed E-state index contributed by atoms with van der Waals surface area (Å²) in [7, 11) is -8.20. The molecule has 3 aromatic carbocycles. The van der Waals surface area contributed by atoms with Crippen LogP contribution < -0.4 is 0 Å². The molecule has 0 atom stereocenters. The van der Waals surface area contributed by atoms with Gasteiger partial charge in [-0.3, -0.25) is 4.79 Å². The molecule has 0 unspecified atom stereocenters. The third-order valence-electron chi connectivity index (χ3n) is 4.83. The van der Waals surface area contributed by atoms with E-state index in [-0.39, 0.29) is 31.6 Å². The van der Waals surface area contributed by atoms with Gasteiger partial charge in [-0.1, -0.05) is 48.4 Å². The summed E-state index contributed by atoms with van der Waals surface area (Å²) in [6.45, 7) is 5.23. The summed E-state index contributed by atoms with van der Waals surface area (Å²) in [6, 6.07) is 16.3. The molecule has 3 aromatic rings. The third-order valence-corrected chi connectivity index (χ3v) is 8.45. The SMILES string of the molecule is CCC(=O)c1c(S(=O)(=O)c2ccc(C)cc2)cccc1S(=O)(=O)c1ccc(C)cc1. The standard InChI is InChI=1S/C23H22O5S2/c1-4-20(24)23-21(29(25,26)18-12-8-16(2)9-13-18)6-5-7-22(23)30(27,28)19-14-10-17(3)11-15-19/h5-15H,4H2,1-3H3. The van der Waals surface area contributed by atoms with Gasteiger partial charge in [0, 0.05) is 6.42 Å². The molecule has 0 spiro atoms. The van der Waals surface area contributed by atoms with Gasteiger partial charge in [0.2, 0.25) is 19.7 Å². The second-order valence-corrected chi connectivity index (χ2v) is 10.9. The molecule has 7 heteroatoms. The van der Waals surface area contributed by atoms with Crippen LogP contribution in [-0.4, -0.2) is 22.6 Å². The minimum atomic E-state index is -4.10. The second kappa shape index (κ2) is 8.16. The average Bonchev–Trinajstić information content (AvgIpc) is 2.73. The molecule has 0 aliphatic carbocycles. The molecule has 156 valence electrons. The first-order valence-electron chi connectivity index (χ1n) is 9.38. The largest absolute Gasteiger partial charge is 0.294 e. The van der Waals surface area contributed by atoms with Crippen molar-refractivity contribution in [2.75, 3.05) is 0 Å². The third kappa shape index (κ3) is 3.95. The number of aryl methyl sites for hydroxylation is 2. The van der Waals surface area contributed by atoms with E-state index in [2.05, 4.69) is 0 Å². The van der Waals surface area contributed by atoms with Gasteiger partial charge in [0.25, 0.3) is 0 Å². The van der Waals surface area contributed by atoms with Crippen LogP contribution >= 0.6 is 0 Å². The number of benzene rings is 3. The van der Waals surface area contributed by atoms with Gasteiger partial charge in [-0.15, -0.1) is 0 Å². The van der Waals surface area contributed by atoms with Gasteiger partial charge in [0.05, 0.1) is 25.1 Å². The Hall–Kier alpha value is -2.77. The highest BCUT2D eigenvalue weighted by Gasteiger charge is 2.31. The monoisotopic (exact) mass is 442 g/mol. The van der Waals surface area contributed by atoms with Crippen LogP contribution in [0.25, 0.3) is 0 Å². The zero-order valence-electron chi connectivity index (χ0n) is 16.9. The Morgan fingerprint density at radius 3 is 1.37 bits per heavy atom. The van der Waals surface area contributed by atoms with Crippen LogP contribution in [-0.2, 0) is 19.7 Å². The van der Waals surface area contributed by atoms with E-state index in [1.54, 1.807) is 31.2 Å². The first-order valence-corrected chi connectivity index (χ1v) is 12.4. The Bertz CT molecular complexity index is 1210. The lowest BCUT2D eigenvalue weighted by atomic mass is 10.1. The number of carbonyl (C=O) groups excluding carboxylic acids is 1. The van der Waals surface area contributed by atoms with Crippen LogP contribution in [0.3, 0.4) is 0 Å². The summed E-state index contributed by atoms with van der Waals surface area (Å²) < 4.78 is 53.2. The lowest BCUT2D eigenvalue weighted by Gasteiger charge is -2.15. The summed E-state index contributed by atoms with van der Waals surface area (Å²) in [6.07, 6.45) is -0.0309. The van der Waals surface area contributed by atoms with Crippen molar-refractivity contribution >= 4 is 25.5 Å². The van der Waals surface area contributed by atoms with Crippen LogP contribution in [0.4, 0.5) is 0 Å². The van der Waals surface area contributed by atoms with Crippen molar-refractivity contribution in [3.8, 4) is 0 Å². The summed E-state index contributed by atoms with van der Waals surface area (Å²) in [4.78, 5) is 12.2. The molecule has 0 N–H and O–H groups in total. The minimum absolute atomic E-state index is 0.00290. The van der Waals surface area contributed by atoms with Crippen molar-refractivity contribution in [3.05, 3.63) is 83.4 Å². The number of Topliss-reactive ketones (excluding diaryl/α,β-unsaturated/α-hetero) is 1. The van der Waals surface area contributed by atoms with Gasteiger partial charge < -0.3 is 0 Å². The highest BCUT2D eigenvalue weighted by molar-refractivity contribution is 7.92. The normalized spacial score (nSPS) is 12.0. The maximum absolute atomic E-state index is 13.3. The van der Waals surface area contributed by atoms with Gasteiger partial charge in [-0.25, -0.2) is 16.8 Å². The van der Waals surface area contributed by atoms with Crippen molar-refractivity contribution in [3.63, 3.8) is 0 Å². The molecule has 0 saturated heterocycles. The molecule has 0 bridgehead atoms. The van der Waals surface area contributed by atoms with E-state index in [1.807, 2.05) is 13.8 Å². The molecule has 0 amide bonds. The Morgan fingerprint density at radius 2 is 1.03 bits per heavy atom. The fraction of sp³-hybridized carbons (Fsp3) is 0.174. The van der Waals surface area contributed by atoms with E-state index < -0.39 is 25.5 Å². The van der Waals surface area contributed by atoms with Crippen LogP contribution in [0.2, 0.25) is 0 Å². The van der Waals surface area contributed by atoms with Crippen LogP contribution in [0.15, 0.2) is 86.3 Å². The van der Waals surface area contributed by atoms with E-state index in [0.717, 1.165) is 11.1 Å². The van der Waals surface area contributed by atoms with E-state index in [1.165, 1.54) is 42.5 Å². The number of hydrogen-bond acceptors (Lipinski definition) is 5. The number of ketones is 1. The van der Waals surface area contributed by atoms with Crippen LogP contribution in [0.5, 0.6) is 0 Å². The second-order valence-electron chi connectivity index (χ2n) is 7.04. The van der Waals surface area contributed by atoms with E-state index in [9.17, 15) is 21.6 Å². The van der Waals surface area contributed by atoms with E-state index in [0.29, 0.717) is 0 Å². The first kappa shape index (κ1) is 21.9. The van der Waals surface area contributed by atoms with Gasteiger partial charge in [-0.05, 0) is 50.2 Å². The lowest BCUT2D eigenvalue weighted by molar-refractivity contribution is 0.0981. The molecule has 0 aliphatic rings. The van der Waals surface area contributed by atoms with Gasteiger partial charge in [0.15, 0.2) is 5.78 Å². The summed E-state index contributed by atoms with van der Waals surface area (Å²) in [5, 5.41) is 0. The van der Waals surface area contributed by atoms with Crippen molar-refractivity contribution in [2.45, 2.75) is 46.8 Å². The molecule has 0 fully saturated rings. The molecule has 30 heavy (non-hydrogen) atoms. The molecule has 0 aliphatic heterocycles. The minimum Gasteiger partial charge on any atom is -0.294 e. The Labute approximate surface area is 177 Å². The maximum Gasteiger partial charge on any atom is 0.207 e. The smallest absolute Gasteiger partial charge is 0.207 e. The Balaban J connectivity index is 2.31. The molecular formula is C23H22O5S2. The lowest BCUT2D eigenvalue weighted by Crippen LogP contribution is -2.15. The van der Waals surface area contributed by atoms with Crippen molar-refractivity contribution in [1.82, 2.24) is 0 Å². The van der Waals surface area contributed by atoms with Crippen LogP contribution in [0, 0.1) is 13.8 Å². The summed E-state index contributed by atoms with van der Waals surface area (Å²) in [5.41, 5.74) is 1.48. The van der Waals surface area contributed by atoms with Crippen molar-refractivity contribution in [2.24, 2.45) is 0 Å². The number of sulfone groups is 2. The van der Waals surface area contributed by atoms with Crippen molar-refractivity contribution < 1.29 is 21.6 Å². The molecule has 3 rings (SSSR count). The zero-order valence-corrected chi connectivity index (χ0v) is 18.5. The highest BCUT2D eigenvalue weighted by Crippen LogP contribution is 2.32. The number of hydrogen-bond donors (Lipinski definition) is 0. The Morgan fingerprint density at radius 1 is 0.667 bits per heavy atom. The maximum atomic E-state index is 13.3. The van der Waals surface area contributed by atoms with Gasteiger partial charge in [-0.2, -0.15) is 0 Å². The van der Waals surface area contributed by atoms with Gasteiger partial charge >= 0.3 is 0 Å². The fourth-order valence-electron chi connectivity index (χ4n) is 3.10. The molecule has 0 saturated carbocycles. The summed E-state index contributed by atoms with van der Waals surface area (Å²) >= 11 is 0. The first-order chi connectivity index (χ1) is 14.1. The predicted octanol–water partition coefficient (Wildman–Crippen LogP) is 4.56. The molecule has 0 aromatic heterocycles. The van der Waals surface area contributed by atoms with Crippen LogP contribution in [0.1, 0.15) is 34.8 Å². The Kier molecular flexibility index (Phi) is 5.97. The molecule has 0 radical (unpaired) electrons. The van der Waals surface area contributed by atoms with E-state index >= 15 is 0 Å². The predicted molar refractivity (Wildman–Crippen MR) is 114 cm³/mol. The topological polar surface area (TPSA) is 85.3 Å². The number of carbonyl (C=O) groups is 1. The zero-order chi connectivity index (χ0) is 22.1. The highest BCUT2D eigenvalue weighted by atomic mass is 32.2. The van der Waals surface area contributed by atoms with Gasteiger partial charge in [0.1, 0.15) is 0 Å². The average molecular weight is 443 g/mol. The number of rotatable bonds is 6. The van der Waals surface area contributed by atoms with E-state index in [4.69, 9.17) is 0 Å². The molecule has 0 heterocycles. The fourth-order valence-corrected chi connectivity index (χ4v) is 6.16. The van der Waals surface area contributed by atoms with Crippen molar-refractivity contribution in [1.29, 1.82) is 0 Å². The molecule has 5 nitrogen and oxygen atoms in total. The quantitative estimate of drug-likeness (QED) is 0.522. The summed E-state index contributed by atoms with van der Waals surface area (Å²) in [5.74, 6) is -0.549.